The van der Waals surface area contributed by atoms with Crippen LogP contribution in [-0.4, -0.2) is 11.8 Å². The molecule has 0 aromatic carbocycles. The number of fused-ring (bicyclic) bond motifs is 2. The molecule has 1 aromatic rings. The van der Waals surface area contributed by atoms with Gasteiger partial charge in [0.1, 0.15) is 6.10 Å². The van der Waals surface area contributed by atoms with E-state index in [-0.39, 0.29) is 11.7 Å². The van der Waals surface area contributed by atoms with Crippen molar-refractivity contribution in [1.82, 2.24) is 0 Å². The molecule has 0 saturated carbocycles. The summed E-state index contributed by atoms with van der Waals surface area (Å²) in [6.07, 6.45) is 4.83. The Morgan fingerprint density at radius 1 is 1.48 bits per heavy atom. The van der Waals surface area contributed by atoms with Crippen molar-refractivity contribution in [2.75, 3.05) is 0 Å². The third-order valence-electron chi connectivity index (χ3n) is 5.41. The van der Waals surface area contributed by atoms with E-state index in [0.717, 1.165) is 18.4 Å². The molecule has 1 heterocycles. The first-order valence-corrected chi connectivity index (χ1v) is 7.98. The van der Waals surface area contributed by atoms with Crippen LogP contribution in [0.4, 0.5) is 0 Å². The second-order valence-electron chi connectivity index (χ2n) is 6.94. The first-order valence-electron chi connectivity index (χ1n) is 7.98. The number of carbonyl (C=O) groups is 2. The Morgan fingerprint density at radius 2 is 2.17 bits per heavy atom. The van der Waals surface area contributed by atoms with E-state index in [2.05, 4.69) is 13.5 Å². The zero-order valence-corrected chi connectivity index (χ0v) is 14.1. The molecule has 0 fully saturated rings. The molecule has 1 aromatic heterocycles. The van der Waals surface area contributed by atoms with Gasteiger partial charge in [-0.1, -0.05) is 26.5 Å². The minimum Gasteiger partial charge on any atom is -0.460 e. The number of rotatable bonds is 2. The Labute approximate surface area is 136 Å². The summed E-state index contributed by atoms with van der Waals surface area (Å²) in [5.41, 5.74) is 2.06. The van der Waals surface area contributed by atoms with Gasteiger partial charge in [-0.3, -0.25) is 4.79 Å². The van der Waals surface area contributed by atoms with Crippen LogP contribution in [0, 0.1) is 18.3 Å². The lowest BCUT2D eigenvalue weighted by molar-refractivity contribution is -0.153. The van der Waals surface area contributed by atoms with E-state index in [1.165, 1.54) is 0 Å². The molecule has 0 unspecified atom stereocenters. The molecule has 0 N–H and O–H groups in total. The molecule has 4 heteroatoms. The van der Waals surface area contributed by atoms with Gasteiger partial charge in [-0.2, -0.15) is 0 Å². The van der Waals surface area contributed by atoms with E-state index in [1.54, 1.807) is 13.2 Å². The monoisotopic (exact) mass is 314 g/mol. The van der Waals surface area contributed by atoms with Gasteiger partial charge >= 0.3 is 5.97 Å². The zero-order valence-electron chi connectivity index (χ0n) is 14.1. The normalized spacial score (nSPS) is 29.4. The molecule has 2 aliphatic rings. The lowest BCUT2D eigenvalue weighted by atomic mass is 9.58. The molecular weight excluding hydrogens is 292 g/mol. The SMILES string of the molecule is C=C(C)C(=O)O[C@@H]1c2c(C)coc2C(=O)C2=CCC[C@H](C)[C@]21C. The van der Waals surface area contributed by atoms with Gasteiger partial charge in [-0.05, 0) is 38.2 Å². The van der Waals surface area contributed by atoms with Crippen molar-refractivity contribution in [2.24, 2.45) is 11.3 Å². The number of furan rings is 1. The Morgan fingerprint density at radius 3 is 2.83 bits per heavy atom. The fourth-order valence-corrected chi connectivity index (χ4v) is 3.77. The maximum atomic E-state index is 12.9. The second kappa shape index (κ2) is 5.22. The van der Waals surface area contributed by atoms with Gasteiger partial charge in [-0.25, -0.2) is 4.79 Å². The molecule has 122 valence electrons. The fraction of sp³-hybridized carbons (Fsp3) is 0.474. The standard InChI is InChI=1S/C19H22O4/c1-10(2)18(21)23-17-14-11(3)9-22-16(14)15(20)13-8-6-7-12(4)19(13,17)5/h8-9,12,17H,1,6-7H2,2-5H3/t12-,17+,19+/m0/s1. The van der Waals surface area contributed by atoms with Crippen LogP contribution in [0.25, 0.3) is 0 Å². The summed E-state index contributed by atoms with van der Waals surface area (Å²) in [5, 5.41) is 0. The molecule has 3 rings (SSSR count). The first kappa shape index (κ1) is 15.8. The van der Waals surface area contributed by atoms with Gasteiger partial charge in [0.15, 0.2) is 5.76 Å². The van der Waals surface area contributed by atoms with E-state index in [4.69, 9.17) is 9.15 Å². The minimum atomic E-state index is -0.540. The molecule has 0 bridgehead atoms. The third kappa shape index (κ3) is 2.12. The van der Waals surface area contributed by atoms with E-state index < -0.39 is 17.5 Å². The van der Waals surface area contributed by atoms with Crippen LogP contribution in [0.5, 0.6) is 0 Å². The van der Waals surface area contributed by atoms with Crippen molar-refractivity contribution in [2.45, 2.75) is 46.6 Å². The van der Waals surface area contributed by atoms with Crippen LogP contribution < -0.4 is 0 Å². The average molecular weight is 314 g/mol. The Bertz CT molecular complexity index is 737. The number of Topliss-reactive ketones (excluding diaryl/α,β-unsaturated/α-hetero) is 1. The Balaban J connectivity index is 2.21. The highest BCUT2D eigenvalue weighted by Gasteiger charge is 2.55. The molecule has 0 saturated heterocycles. The Kier molecular flexibility index (Phi) is 3.58. The smallest absolute Gasteiger partial charge is 0.333 e. The second-order valence-corrected chi connectivity index (χ2v) is 6.94. The van der Waals surface area contributed by atoms with Gasteiger partial charge in [0.2, 0.25) is 5.78 Å². The van der Waals surface area contributed by atoms with Crippen LogP contribution in [0.15, 0.2) is 34.5 Å². The fourth-order valence-electron chi connectivity index (χ4n) is 3.77. The quantitative estimate of drug-likeness (QED) is 0.603. The number of ether oxygens (including phenoxy) is 1. The van der Waals surface area contributed by atoms with Crippen LogP contribution in [0.3, 0.4) is 0 Å². The maximum Gasteiger partial charge on any atom is 0.333 e. The molecule has 4 nitrogen and oxygen atoms in total. The molecule has 3 atom stereocenters. The highest BCUT2D eigenvalue weighted by molar-refractivity contribution is 6.10. The number of ketones is 1. The molecule has 0 amide bonds. The lowest BCUT2D eigenvalue weighted by Crippen LogP contribution is -2.45. The third-order valence-corrected chi connectivity index (χ3v) is 5.41. The molecule has 2 aliphatic carbocycles. The van der Waals surface area contributed by atoms with Crippen LogP contribution in [0.1, 0.15) is 61.4 Å². The number of aryl methyl sites for hydroxylation is 1. The maximum absolute atomic E-state index is 12.9. The predicted molar refractivity (Wildman–Crippen MR) is 86.0 cm³/mol. The van der Waals surface area contributed by atoms with Gasteiger partial charge in [0.05, 0.1) is 6.26 Å². The molecule has 0 spiro atoms. The molecule has 0 aliphatic heterocycles. The number of allylic oxidation sites excluding steroid dienone is 1. The minimum absolute atomic E-state index is 0.0789. The van der Waals surface area contributed by atoms with Gasteiger partial charge in [-0.15, -0.1) is 0 Å². The summed E-state index contributed by atoms with van der Waals surface area (Å²) in [6.45, 7) is 11.3. The summed E-state index contributed by atoms with van der Waals surface area (Å²) in [7, 11) is 0. The van der Waals surface area contributed by atoms with E-state index in [0.29, 0.717) is 22.5 Å². The van der Waals surface area contributed by atoms with Crippen molar-refractivity contribution in [1.29, 1.82) is 0 Å². The predicted octanol–water partition coefficient (Wildman–Crippen LogP) is 4.31. The van der Waals surface area contributed by atoms with E-state index in [9.17, 15) is 9.59 Å². The summed E-state index contributed by atoms with van der Waals surface area (Å²) in [6, 6.07) is 0. The van der Waals surface area contributed by atoms with E-state index in [1.807, 2.05) is 19.9 Å². The average Bonchev–Trinajstić information content (AvgIpc) is 2.87. The summed E-state index contributed by atoms with van der Waals surface area (Å²) < 4.78 is 11.3. The summed E-state index contributed by atoms with van der Waals surface area (Å²) >= 11 is 0. The summed E-state index contributed by atoms with van der Waals surface area (Å²) in [4.78, 5) is 25.1. The molecular formula is C19H22O4. The van der Waals surface area contributed by atoms with Crippen molar-refractivity contribution in [3.63, 3.8) is 0 Å². The topological polar surface area (TPSA) is 56.5 Å². The van der Waals surface area contributed by atoms with Crippen molar-refractivity contribution >= 4 is 11.8 Å². The number of carbonyl (C=O) groups excluding carboxylic acids is 2. The first-order chi connectivity index (χ1) is 10.8. The van der Waals surface area contributed by atoms with E-state index >= 15 is 0 Å². The number of hydrogen-bond acceptors (Lipinski definition) is 4. The Hall–Kier alpha value is -2.10. The van der Waals surface area contributed by atoms with Gasteiger partial charge in [0, 0.05) is 22.1 Å². The van der Waals surface area contributed by atoms with Gasteiger partial charge in [0.25, 0.3) is 0 Å². The highest BCUT2D eigenvalue weighted by atomic mass is 16.5. The molecule has 23 heavy (non-hydrogen) atoms. The van der Waals surface area contributed by atoms with Crippen molar-refractivity contribution in [3.05, 3.63) is 47.0 Å². The highest BCUT2D eigenvalue weighted by Crippen LogP contribution is 2.57. The van der Waals surface area contributed by atoms with Crippen LogP contribution in [0.2, 0.25) is 0 Å². The van der Waals surface area contributed by atoms with Gasteiger partial charge < -0.3 is 9.15 Å². The largest absolute Gasteiger partial charge is 0.460 e. The number of hydrogen-bond donors (Lipinski definition) is 0. The number of esters is 1. The van der Waals surface area contributed by atoms with Crippen molar-refractivity contribution < 1.29 is 18.7 Å². The molecule has 0 radical (unpaired) electrons. The zero-order chi connectivity index (χ0) is 16.9. The van der Waals surface area contributed by atoms with Crippen LogP contribution in [-0.2, 0) is 9.53 Å². The lowest BCUT2D eigenvalue weighted by Gasteiger charge is -2.47. The van der Waals surface area contributed by atoms with Crippen LogP contribution >= 0.6 is 0 Å². The van der Waals surface area contributed by atoms with Crippen molar-refractivity contribution in [3.8, 4) is 0 Å². The summed E-state index contributed by atoms with van der Waals surface area (Å²) in [5.74, 6) is 0.00989.